The Morgan fingerprint density at radius 1 is 1.11 bits per heavy atom. The Morgan fingerprint density at radius 3 is 2.57 bits per heavy atom. The van der Waals surface area contributed by atoms with Gasteiger partial charge in [-0.3, -0.25) is 9.59 Å². The molecule has 3 saturated heterocycles. The highest BCUT2D eigenvalue weighted by Crippen LogP contribution is 2.88. The Labute approximate surface area is 217 Å². The summed E-state index contributed by atoms with van der Waals surface area (Å²) < 4.78 is 32.3. The third kappa shape index (κ3) is 2.07. The van der Waals surface area contributed by atoms with E-state index >= 15 is 0 Å². The average Bonchev–Trinajstić information content (AvgIpc) is 3.58. The summed E-state index contributed by atoms with van der Waals surface area (Å²) in [4.78, 5) is 27.3. The van der Waals surface area contributed by atoms with Crippen LogP contribution in [0.2, 0.25) is 0 Å². The summed E-state index contributed by atoms with van der Waals surface area (Å²) >= 11 is 0. The van der Waals surface area contributed by atoms with E-state index in [1.807, 2.05) is 26.2 Å². The van der Waals surface area contributed by atoms with Crippen molar-refractivity contribution < 1.29 is 33.0 Å². The maximum absolute atomic E-state index is 14.0. The highest BCUT2D eigenvalue weighted by Gasteiger charge is 2.99. The fraction of sp³-hybridized carbons (Fsp3) is 0.733. The summed E-state index contributed by atoms with van der Waals surface area (Å²) in [5, 5.41) is 0. The number of hydrogen-bond donors (Lipinski definition) is 0. The number of allylic oxidation sites excluding steroid dienone is 1. The van der Waals surface area contributed by atoms with Gasteiger partial charge >= 0.3 is 5.97 Å². The van der Waals surface area contributed by atoms with Crippen molar-refractivity contribution in [1.82, 2.24) is 0 Å². The zero-order valence-electron chi connectivity index (χ0n) is 22.4. The molecule has 7 heteroatoms. The molecule has 0 radical (unpaired) electrons. The fourth-order valence-electron chi connectivity index (χ4n) is 10.9. The lowest BCUT2D eigenvalue weighted by atomic mass is 9.35. The molecule has 1 aromatic rings. The molecule has 6 fully saturated rings. The minimum Gasteiger partial charge on any atom is -0.472 e. The molecule has 37 heavy (non-hydrogen) atoms. The quantitative estimate of drug-likeness (QED) is 0.446. The van der Waals surface area contributed by atoms with Crippen LogP contribution in [-0.2, 0) is 28.5 Å². The van der Waals surface area contributed by atoms with Crippen molar-refractivity contribution in [3.8, 4) is 0 Å². The van der Waals surface area contributed by atoms with Crippen molar-refractivity contribution in [2.75, 3.05) is 6.61 Å². The van der Waals surface area contributed by atoms with Crippen LogP contribution in [0.15, 0.2) is 35.2 Å². The molecule has 8 rings (SSSR count). The first kappa shape index (κ1) is 23.0. The zero-order valence-corrected chi connectivity index (χ0v) is 22.4. The molecule has 7 aliphatic rings. The van der Waals surface area contributed by atoms with Crippen molar-refractivity contribution in [3.05, 3.63) is 36.3 Å². The van der Waals surface area contributed by atoms with E-state index in [0.29, 0.717) is 6.61 Å². The molecule has 2 spiro atoms. The van der Waals surface area contributed by atoms with E-state index in [4.69, 9.17) is 23.4 Å². The summed E-state index contributed by atoms with van der Waals surface area (Å²) in [6, 6.07) is 2.06. The predicted molar refractivity (Wildman–Crippen MR) is 130 cm³/mol. The van der Waals surface area contributed by atoms with Crippen molar-refractivity contribution in [2.24, 2.45) is 33.5 Å². The Kier molecular flexibility index (Phi) is 3.89. The largest absolute Gasteiger partial charge is 0.472 e. The first-order chi connectivity index (χ1) is 17.4. The normalized spacial score (nSPS) is 57.8. The molecule has 4 heterocycles. The van der Waals surface area contributed by atoms with Gasteiger partial charge < -0.3 is 23.4 Å². The Morgan fingerprint density at radius 2 is 1.86 bits per heavy atom. The summed E-state index contributed by atoms with van der Waals surface area (Å²) in [6.07, 6.45) is 7.89. The predicted octanol–water partition coefficient (Wildman–Crippen LogP) is 4.21. The van der Waals surface area contributed by atoms with E-state index in [1.54, 1.807) is 12.3 Å². The van der Waals surface area contributed by atoms with Gasteiger partial charge in [0.05, 0.1) is 48.1 Å². The van der Waals surface area contributed by atoms with E-state index in [2.05, 4.69) is 33.8 Å². The van der Waals surface area contributed by atoms with E-state index in [0.717, 1.165) is 12.8 Å². The Bertz CT molecular complexity index is 1270. The first-order valence-corrected chi connectivity index (χ1v) is 13.9. The highest BCUT2D eigenvalue weighted by molar-refractivity contribution is 5.98. The topological polar surface area (TPSA) is 90.8 Å². The third-order valence-corrected chi connectivity index (χ3v) is 12.3. The molecule has 4 aliphatic carbocycles. The van der Waals surface area contributed by atoms with E-state index in [-0.39, 0.29) is 52.5 Å². The second-order valence-electron chi connectivity index (χ2n) is 14.0. The lowest BCUT2D eigenvalue weighted by molar-refractivity contribution is -0.252. The average molecular weight is 509 g/mol. The van der Waals surface area contributed by atoms with Gasteiger partial charge in [-0.1, -0.05) is 40.7 Å². The van der Waals surface area contributed by atoms with Crippen LogP contribution in [0, 0.1) is 33.5 Å². The molecule has 0 N–H and O–H groups in total. The molecule has 12 atom stereocenters. The number of epoxide rings is 2. The van der Waals surface area contributed by atoms with Crippen molar-refractivity contribution in [3.63, 3.8) is 0 Å². The van der Waals surface area contributed by atoms with Gasteiger partial charge in [-0.2, -0.15) is 0 Å². The van der Waals surface area contributed by atoms with Crippen molar-refractivity contribution in [2.45, 2.75) is 95.9 Å². The number of rotatable bonds is 3. The minimum atomic E-state index is -0.807. The zero-order chi connectivity index (χ0) is 26.0. The molecule has 1 aromatic heterocycles. The number of ketones is 1. The maximum atomic E-state index is 14.0. The van der Waals surface area contributed by atoms with Gasteiger partial charge in [0.25, 0.3) is 0 Å². The van der Waals surface area contributed by atoms with E-state index in [9.17, 15) is 9.59 Å². The van der Waals surface area contributed by atoms with Gasteiger partial charge in [-0.05, 0) is 43.4 Å². The lowest BCUT2D eigenvalue weighted by Gasteiger charge is -2.66. The van der Waals surface area contributed by atoms with Gasteiger partial charge in [0.1, 0.15) is 23.4 Å². The summed E-state index contributed by atoms with van der Waals surface area (Å²) in [7, 11) is 0. The molecule has 0 aromatic carbocycles. The molecule has 3 saturated carbocycles. The molecular weight excluding hydrogens is 472 g/mol. The Balaban J connectivity index is 1.37. The van der Waals surface area contributed by atoms with Gasteiger partial charge in [-0.15, -0.1) is 0 Å². The number of esters is 1. The van der Waals surface area contributed by atoms with Crippen LogP contribution in [-0.4, -0.2) is 54.0 Å². The summed E-state index contributed by atoms with van der Waals surface area (Å²) in [5.41, 5.74) is -2.41. The lowest BCUT2D eigenvalue weighted by Crippen LogP contribution is -2.79. The molecule has 3 aliphatic heterocycles. The van der Waals surface area contributed by atoms with Crippen molar-refractivity contribution >= 4 is 11.8 Å². The van der Waals surface area contributed by atoms with Gasteiger partial charge in [0.15, 0.2) is 5.78 Å². The molecule has 12 unspecified atom stereocenters. The van der Waals surface area contributed by atoms with Crippen LogP contribution < -0.4 is 0 Å². The minimum absolute atomic E-state index is 0.00755. The number of furan rings is 1. The number of carbonyl (C=O) groups is 2. The maximum Gasteiger partial charge on any atom is 0.308 e. The molecule has 7 nitrogen and oxygen atoms in total. The number of hydrogen-bond acceptors (Lipinski definition) is 7. The van der Waals surface area contributed by atoms with E-state index < -0.39 is 34.2 Å². The van der Waals surface area contributed by atoms with Crippen LogP contribution in [0.5, 0.6) is 0 Å². The molecule has 0 amide bonds. The molecular formula is C30H36O7. The smallest absolute Gasteiger partial charge is 0.308 e. The van der Waals surface area contributed by atoms with Gasteiger partial charge in [-0.25, -0.2) is 0 Å². The summed E-state index contributed by atoms with van der Waals surface area (Å²) in [6.45, 7) is 13.0. The van der Waals surface area contributed by atoms with Crippen LogP contribution >= 0.6 is 0 Å². The van der Waals surface area contributed by atoms with Crippen LogP contribution in [0.4, 0.5) is 0 Å². The van der Waals surface area contributed by atoms with Crippen LogP contribution in [0.3, 0.4) is 0 Å². The second-order valence-corrected chi connectivity index (χ2v) is 14.0. The SMILES string of the molecule is CC(C)C(=O)OC1C2OCC3(C)C=CC(=O)C(C)(C23)C23OC2CC2(C)C(c4ccoc4)CC4OC42C13C. The fourth-order valence-corrected chi connectivity index (χ4v) is 10.9. The highest BCUT2D eigenvalue weighted by atomic mass is 16.7. The molecule has 0 bridgehead atoms. The first-order valence-electron chi connectivity index (χ1n) is 13.9. The second kappa shape index (κ2) is 6.26. The van der Waals surface area contributed by atoms with Gasteiger partial charge in [0, 0.05) is 16.7 Å². The third-order valence-electron chi connectivity index (χ3n) is 12.3. The van der Waals surface area contributed by atoms with E-state index in [1.165, 1.54) is 5.56 Å². The van der Waals surface area contributed by atoms with Crippen LogP contribution in [0.1, 0.15) is 65.9 Å². The standard InChI is InChI=1S/C30H36O7/c1-15(2)24(32)35-23-21-22-25(3,14-34-21)9-7-18(31)27(22,5)30-20(37-30)12-26(4)17(16-8-10-33-13-16)11-19-29(26,36-19)28(23,30)6/h7-10,13,15,17,19-23H,11-12,14H2,1-6H3. The Hall–Kier alpha value is -1.96. The van der Waals surface area contributed by atoms with Gasteiger partial charge in [0.2, 0.25) is 0 Å². The van der Waals surface area contributed by atoms with Crippen LogP contribution in [0.25, 0.3) is 0 Å². The summed E-state index contributed by atoms with van der Waals surface area (Å²) in [5.74, 6) is -0.357. The number of ether oxygens (including phenoxy) is 4. The molecule has 198 valence electrons. The number of carbonyl (C=O) groups excluding carboxylic acids is 2. The monoisotopic (exact) mass is 508 g/mol. The van der Waals surface area contributed by atoms with Crippen molar-refractivity contribution in [1.29, 1.82) is 0 Å².